The Balaban J connectivity index is 0.00000289. The topological polar surface area (TPSA) is 40.1 Å². The van der Waals surface area contributed by atoms with Crippen molar-refractivity contribution in [3.05, 3.63) is 47.0 Å². The Morgan fingerprint density at radius 1 is 1.44 bits per heavy atom. The molecule has 0 amide bonds. The zero-order valence-electron chi connectivity index (χ0n) is 9.61. The molecule has 0 bridgehead atoms. The summed E-state index contributed by atoms with van der Waals surface area (Å²) in [6.45, 7) is -1.60. The minimum absolute atomic E-state index is 0. The van der Waals surface area contributed by atoms with E-state index < -0.39 is 17.8 Å². The molecule has 8 heteroatoms. The minimum atomic E-state index is -4.90. The van der Waals surface area contributed by atoms with Gasteiger partial charge < -0.3 is 9.46 Å². The number of halogens is 3. The van der Waals surface area contributed by atoms with Crippen LogP contribution in [0.5, 0.6) is 0 Å². The molecule has 0 aromatic heterocycles. The summed E-state index contributed by atoms with van der Waals surface area (Å²) in [5.41, 5.74) is -4.41. The van der Waals surface area contributed by atoms with Gasteiger partial charge >= 0.3 is 35.2 Å². The van der Waals surface area contributed by atoms with Crippen LogP contribution in [0.2, 0.25) is 0 Å². The first-order valence-corrected chi connectivity index (χ1v) is 8.52. The first kappa shape index (κ1) is 18.8. The molecule has 18 heavy (non-hydrogen) atoms. The van der Waals surface area contributed by atoms with Crippen LogP contribution in [0.4, 0.5) is 8.78 Å². The van der Waals surface area contributed by atoms with Gasteiger partial charge in [0.1, 0.15) is 6.57 Å². The Bertz CT molecular complexity index is 456. The first-order valence-electron chi connectivity index (χ1n) is 4.51. The summed E-state index contributed by atoms with van der Waals surface area (Å²) >= 11 is 3.30. The fourth-order valence-electron chi connectivity index (χ4n) is 1.04. The predicted octanol–water partition coefficient (Wildman–Crippen LogP) is 0.975. The van der Waals surface area contributed by atoms with Crippen molar-refractivity contribution < 1.29 is 47.8 Å². The molecule has 94 valence electrons. The van der Waals surface area contributed by atoms with Crippen molar-refractivity contribution in [3.63, 3.8) is 0 Å². The molecule has 1 atom stereocenters. The summed E-state index contributed by atoms with van der Waals surface area (Å²) in [7, 11) is 0. The molecule has 0 N–H and O–H groups in total. The molecule has 0 aliphatic heterocycles. The number of hydrogen-bond donors (Lipinski definition) is 0. The zero-order valence-corrected chi connectivity index (χ0v) is 14.9. The van der Waals surface area contributed by atoms with Gasteiger partial charge in [-0.05, 0) is 12.1 Å². The van der Waals surface area contributed by atoms with Gasteiger partial charge in [0, 0.05) is 15.8 Å². The van der Waals surface area contributed by atoms with Gasteiger partial charge in [0.15, 0.2) is 0 Å². The van der Waals surface area contributed by atoms with Crippen molar-refractivity contribution in [2.75, 3.05) is 5.75 Å². The van der Waals surface area contributed by atoms with E-state index in [4.69, 9.17) is 0 Å². The Morgan fingerprint density at radius 2 is 1.94 bits per heavy atom. The van der Waals surface area contributed by atoms with Crippen LogP contribution in [0.1, 0.15) is 5.56 Å². The maximum absolute atomic E-state index is 13.7. The molecule has 0 heterocycles. The van der Waals surface area contributed by atoms with E-state index in [9.17, 15) is 18.2 Å². The van der Waals surface area contributed by atoms with Gasteiger partial charge in [0.2, 0.25) is 0 Å². The summed E-state index contributed by atoms with van der Waals surface area (Å²) in [5.74, 6) is -0.0626. The molecule has 0 aliphatic rings. The summed E-state index contributed by atoms with van der Waals surface area (Å²) in [5, 5.41) is 0. The van der Waals surface area contributed by atoms with E-state index in [0.717, 1.165) is 12.1 Å². The molecule has 1 aromatic carbocycles. The summed E-state index contributed by atoms with van der Waals surface area (Å²) in [6.07, 6.45) is 1.27. The molecule has 0 saturated heterocycles. The van der Waals surface area contributed by atoms with E-state index in [1.165, 1.54) is 18.2 Å². The van der Waals surface area contributed by atoms with Crippen molar-refractivity contribution in [3.8, 4) is 0 Å². The van der Waals surface area contributed by atoms with E-state index >= 15 is 0 Å². The van der Waals surface area contributed by atoms with Gasteiger partial charge in [-0.1, -0.05) is 34.1 Å². The van der Waals surface area contributed by atoms with Crippen LogP contribution < -0.4 is 34.5 Å². The van der Waals surface area contributed by atoms with Gasteiger partial charge in [-0.2, -0.15) is 8.78 Å². The van der Waals surface area contributed by atoms with Gasteiger partial charge in [-0.15, -0.1) is 18.0 Å². The molecule has 0 radical (unpaired) electrons. The van der Waals surface area contributed by atoms with E-state index in [1.54, 1.807) is 0 Å². The number of rotatable bonds is 5. The molecule has 2 nitrogen and oxygen atoms in total. The van der Waals surface area contributed by atoms with Crippen LogP contribution in [-0.4, -0.2) is 5.75 Å². The number of alkyl halides is 2. The van der Waals surface area contributed by atoms with E-state index in [-0.39, 0.29) is 46.7 Å². The molecule has 1 rings (SSSR count). The van der Waals surface area contributed by atoms with Crippen molar-refractivity contribution >= 4 is 33.9 Å². The standard InChI is InChI=1S/C10H10BrF2O2PS.Na/c1-2-7-17-16(14,15)10(12,13)8-3-5-9(11)6-4-8;/h2-6H,1,7H2,(H,14,15);/q;+1/p-1. The van der Waals surface area contributed by atoms with Crippen molar-refractivity contribution in [1.82, 2.24) is 0 Å². The molecular weight excluding hydrogens is 356 g/mol. The first-order chi connectivity index (χ1) is 7.81. The zero-order chi connectivity index (χ0) is 13.1. The Kier molecular flexibility index (Phi) is 7.93. The van der Waals surface area contributed by atoms with Gasteiger partial charge in [-0.3, -0.25) is 0 Å². The van der Waals surface area contributed by atoms with E-state index in [2.05, 4.69) is 22.5 Å². The SMILES string of the molecule is C=CCSP(=O)([O-])C(F)(F)c1ccc(Br)cc1.[Na+]. The third-order valence-corrected chi connectivity index (χ3v) is 6.25. The predicted molar refractivity (Wildman–Crippen MR) is 68.3 cm³/mol. The van der Waals surface area contributed by atoms with Crippen LogP contribution in [0.3, 0.4) is 0 Å². The monoisotopic (exact) mass is 364 g/mol. The number of benzene rings is 1. The average molecular weight is 365 g/mol. The van der Waals surface area contributed by atoms with Gasteiger partial charge in [0.05, 0.1) is 0 Å². The molecule has 1 unspecified atom stereocenters. The summed E-state index contributed by atoms with van der Waals surface area (Å²) < 4.78 is 39.6. The minimum Gasteiger partial charge on any atom is -0.787 e. The summed E-state index contributed by atoms with van der Waals surface area (Å²) in [4.78, 5) is 11.5. The normalized spacial score (nSPS) is 14.4. The van der Waals surface area contributed by atoms with Crippen LogP contribution in [0, 0.1) is 0 Å². The second-order valence-corrected chi connectivity index (χ2v) is 8.41. The summed E-state index contributed by atoms with van der Waals surface area (Å²) in [6, 6.07) is 4.93. The Hall–Kier alpha value is 0.840. The fraction of sp³-hybridized carbons (Fsp3) is 0.200. The Morgan fingerprint density at radius 3 is 2.39 bits per heavy atom. The maximum atomic E-state index is 13.7. The molecule has 1 aromatic rings. The second kappa shape index (κ2) is 7.58. The molecule has 0 fully saturated rings. The largest absolute Gasteiger partial charge is 1.00 e. The quantitative estimate of drug-likeness (QED) is 0.444. The third-order valence-electron chi connectivity index (χ3n) is 1.90. The number of hydrogen-bond acceptors (Lipinski definition) is 3. The van der Waals surface area contributed by atoms with Crippen LogP contribution in [0.25, 0.3) is 0 Å². The molecule has 0 saturated carbocycles. The molecular formula is C10H9BrF2NaO2PS. The molecule has 0 aliphatic carbocycles. The molecule has 0 spiro atoms. The van der Waals surface area contributed by atoms with Crippen molar-refractivity contribution in [1.29, 1.82) is 0 Å². The third kappa shape index (κ3) is 4.44. The van der Waals surface area contributed by atoms with E-state index in [0.29, 0.717) is 4.47 Å². The van der Waals surface area contributed by atoms with E-state index in [1.807, 2.05) is 0 Å². The van der Waals surface area contributed by atoms with Crippen molar-refractivity contribution in [2.45, 2.75) is 5.66 Å². The van der Waals surface area contributed by atoms with Gasteiger partial charge in [0.25, 0.3) is 0 Å². The second-order valence-electron chi connectivity index (χ2n) is 3.13. The average Bonchev–Trinajstić information content (AvgIpc) is 2.27. The fourth-order valence-corrected chi connectivity index (χ4v) is 3.94. The van der Waals surface area contributed by atoms with Crippen molar-refractivity contribution in [2.24, 2.45) is 0 Å². The van der Waals surface area contributed by atoms with Gasteiger partial charge in [-0.25, -0.2) is 0 Å². The van der Waals surface area contributed by atoms with Crippen LogP contribution in [-0.2, 0) is 10.2 Å². The van der Waals surface area contributed by atoms with Crippen LogP contribution in [0.15, 0.2) is 41.4 Å². The smallest absolute Gasteiger partial charge is 0.787 e. The maximum Gasteiger partial charge on any atom is 1.00 e. The van der Waals surface area contributed by atoms with Crippen LogP contribution >= 0.6 is 33.9 Å². The Labute approximate surface area is 139 Å².